The quantitative estimate of drug-likeness (QED) is 0.733. The Labute approximate surface area is 136 Å². The highest BCUT2D eigenvalue weighted by Gasteiger charge is 2.28. The van der Waals surface area contributed by atoms with Crippen molar-refractivity contribution >= 4 is 16.8 Å². The normalized spacial score (nSPS) is 18.0. The van der Waals surface area contributed by atoms with E-state index in [4.69, 9.17) is 0 Å². The van der Waals surface area contributed by atoms with E-state index in [0.717, 1.165) is 18.7 Å². The molecule has 3 heterocycles. The van der Waals surface area contributed by atoms with Crippen LogP contribution in [-0.4, -0.2) is 49.0 Å². The molecule has 1 atom stereocenters. The zero-order chi connectivity index (χ0) is 16.5. The smallest absolute Gasteiger partial charge is 0.289 e. The lowest BCUT2D eigenvalue weighted by atomic mass is 9.97. The Kier molecular flexibility index (Phi) is 3.56. The van der Waals surface area contributed by atoms with E-state index in [1.54, 1.807) is 29.2 Å². The van der Waals surface area contributed by atoms with Gasteiger partial charge in [-0.25, -0.2) is 9.97 Å². The van der Waals surface area contributed by atoms with Gasteiger partial charge in [-0.3, -0.25) is 14.7 Å². The summed E-state index contributed by atoms with van der Waals surface area (Å²) in [4.78, 5) is 37.7. The molecule has 0 unspecified atom stereocenters. The SMILES string of the molecule is O=C(c1nc2ccccc2c(=O)[nH]1)N1CCC[C@H](c2ncn[nH]2)C1. The molecular weight excluding hydrogens is 308 g/mol. The van der Waals surface area contributed by atoms with Crippen molar-refractivity contribution in [1.29, 1.82) is 0 Å². The number of fused-ring (bicyclic) bond motifs is 1. The van der Waals surface area contributed by atoms with E-state index >= 15 is 0 Å². The van der Waals surface area contributed by atoms with Crippen molar-refractivity contribution in [1.82, 2.24) is 30.0 Å². The van der Waals surface area contributed by atoms with E-state index in [1.807, 2.05) is 0 Å². The second-order valence-corrected chi connectivity index (χ2v) is 5.89. The van der Waals surface area contributed by atoms with E-state index in [1.165, 1.54) is 6.33 Å². The second kappa shape index (κ2) is 5.88. The molecule has 0 aliphatic carbocycles. The van der Waals surface area contributed by atoms with Gasteiger partial charge < -0.3 is 9.88 Å². The van der Waals surface area contributed by atoms with Crippen LogP contribution in [0.2, 0.25) is 0 Å². The monoisotopic (exact) mass is 324 g/mol. The number of likely N-dealkylation sites (tertiary alicyclic amines) is 1. The summed E-state index contributed by atoms with van der Waals surface area (Å²) in [6, 6.07) is 6.99. The van der Waals surface area contributed by atoms with E-state index in [9.17, 15) is 9.59 Å². The largest absolute Gasteiger partial charge is 0.335 e. The van der Waals surface area contributed by atoms with Gasteiger partial charge in [0, 0.05) is 19.0 Å². The number of aromatic amines is 2. The van der Waals surface area contributed by atoms with E-state index in [2.05, 4.69) is 25.1 Å². The third-order valence-electron chi connectivity index (χ3n) is 4.34. The van der Waals surface area contributed by atoms with Crippen molar-refractivity contribution in [2.24, 2.45) is 0 Å². The summed E-state index contributed by atoms with van der Waals surface area (Å²) < 4.78 is 0. The summed E-state index contributed by atoms with van der Waals surface area (Å²) >= 11 is 0. The van der Waals surface area contributed by atoms with Crippen LogP contribution in [0.3, 0.4) is 0 Å². The minimum atomic E-state index is -0.298. The molecule has 1 amide bonds. The van der Waals surface area contributed by atoms with Crippen molar-refractivity contribution in [3.05, 3.63) is 52.6 Å². The number of amides is 1. The summed E-state index contributed by atoms with van der Waals surface area (Å²) in [6.45, 7) is 1.17. The molecule has 122 valence electrons. The molecule has 2 N–H and O–H groups in total. The summed E-state index contributed by atoms with van der Waals surface area (Å²) in [5, 5.41) is 7.22. The average molecular weight is 324 g/mol. The van der Waals surface area contributed by atoms with Crippen molar-refractivity contribution in [3.63, 3.8) is 0 Å². The Morgan fingerprint density at radius 2 is 2.17 bits per heavy atom. The molecule has 1 aliphatic heterocycles. The Morgan fingerprint density at radius 3 is 3.00 bits per heavy atom. The third kappa shape index (κ3) is 2.55. The van der Waals surface area contributed by atoms with Crippen LogP contribution in [-0.2, 0) is 0 Å². The van der Waals surface area contributed by atoms with Crippen molar-refractivity contribution in [2.75, 3.05) is 13.1 Å². The molecule has 4 rings (SSSR count). The zero-order valence-electron chi connectivity index (χ0n) is 12.9. The van der Waals surface area contributed by atoms with Gasteiger partial charge in [0.25, 0.3) is 11.5 Å². The minimum Gasteiger partial charge on any atom is -0.335 e. The van der Waals surface area contributed by atoms with Gasteiger partial charge in [-0.1, -0.05) is 12.1 Å². The van der Waals surface area contributed by atoms with Gasteiger partial charge in [0.1, 0.15) is 12.2 Å². The number of hydrogen-bond donors (Lipinski definition) is 2. The van der Waals surface area contributed by atoms with E-state index in [0.29, 0.717) is 24.0 Å². The third-order valence-corrected chi connectivity index (χ3v) is 4.34. The summed E-state index contributed by atoms with van der Waals surface area (Å²) in [6.07, 6.45) is 3.29. The Balaban J connectivity index is 1.62. The molecular formula is C16H16N6O2. The van der Waals surface area contributed by atoms with Gasteiger partial charge in [-0.05, 0) is 25.0 Å². The molecule has 1 fully saturated rings. The number of nitrogens with one attached hydrogen (secondary N) is 2. The molecule has 1 aliphatic rings. The molecule has 3 aromatic rings. The van der Waals surface area contributed by atoms with Crippen molar-refractivity contribution < 1.29 is 4.79 Å². The van der Waals surface area contributed by atoms with Crippen LogP contribution >= 0.6 is 0 Å². The fourth-order valence-electron chi connectivity index (χ4n) is 3.13. The fraction of sp³-hybridized carbons (Fsp3) is 0.312. The number of hydrogen-bond acceptors (Lipinski definition) is 5. The van der Waals surface area contributed by atoms with Crippen LogP contribution in [0.15, 0.2) is 35.4 Å². The first-order valence-electron chi connectivity index (χ1n) is 7.86. The van der Waals surface area contributed by atoms with Crippen LogP contribution in [0, 0.1) is 0 Å². The molecule has 0 bridgehead atoms. The van der Waals surface area contributed by atoms with Gasteiger partial charge in [0.05, 0.1) is 10.9 Å². The molecule has 1 aromatic carbocycles. The van der Waals surface area contributed by atoms with Gasteiger partial charge in [-0.2, -0.15) is 5.10 Å². The Morgan fingerprint density at radius 1 is 1.29 bits per heavy atom. The van der Waals surface area contributed by atoms with Gasteiger partial charge in [-0.15, -0.1) is 0 Å². The van der Waals surface area contributed by atoms with Gasteiger partial charge >= 0.3 is 0 Å². The predicted molar refractivity (Wildman–Crippen MR) is 86.6 cm³/mol. The number of nitrogens with zero attached hydrogens (tertiary/aromatic N) is 4. The highest BCUT2D eigenvalue weighted by atomic mass is 16.2. The average Bonchev–Trinajstić information content (AvgIpc) is 3.16. The number of carbonyl (C=O) groups is 1. The lowest BCUT2D eigenvalue weighted by molar-refractivity contribution is 0.0692. The number of aromatic nitrogens is 5. The molecule has 0 saturated carbocycles. The molecule has 0 spiro atoms. The molecule has 8 heteroatoms. The van der Waals surface area contributed by atoms with E-state index < -0.39 is 0 Å². The number of benzene rings is 1. The predicted octanol–water partition coefficient (Wildman–Crippen LogP) is 1.06. The molecule has 8 nitrogen and oxygen atoms in total. The standard InChI is InChI=1S/C16H16N6O2/c23-15-11-5-1-2-6-12(11)19-14(20-15)16(24)22-7-3-4-10(8-22)13-17-9-18-21-13/h1-2,5-6,9-10H,3-4,7-8H2,(H,17,18,21)(H,19,20,23)/t10-/m0/s1. The molecule has 24 heavy (non-hydrogen) atoms. The van der Waals surface area contributed by atoms with Crippen molar-refractivity contribution in [2.45, 2.75) is 18.8 Å². The summed E-state index contributed by atoms with van der Waals surface area (Å²) in [7, 11) is 0. The summed E-state index contributed by atoms with van der Waals surface area (Å²) in [5.41, 5.74) is 0.223. The number of para-hydroxylation sites is 1. The first-order chi connectivity index (χ1) is 11.7. The number of rotatable bonds is 2. The molecule has 1 saturated heterocycles. The van der Waals surface area contributed by atoms with Gasteiger partial charge in [0.2, 0.25) is 0 Å². The van der Waals surface area contributed by atoms with Crippen LogP contribution in [0.1, 0.15) is 35.2 Å². The van der Waals surface area contributed by atoms with Crippen molar-refractivity contribution in [3.8, 4) is 0 Å². The van der Waals surface area contributed by atoms with Gasteiger partial charge in [0.15, 0.2) is 5.82 Å². The van der Waals surface area contributed by atoms with Crippen LogP contribution < -0.4 is 5.56 Å². The topological polar surface area (TPSA) is 108 Å². The highest BCUT2D eigenvalue weighted by Crippen LogP contribution is 2.24. The summed E-state index contributed by atoms with van der Waals surface area (Å²) in [5.74, 6) is 0.726. The fourth-order valence-corrected chi connectivity index (χ4v) is 3.13. The maximum absolute atomic E-state index is 12.8. The first-order valence-corrected chi connectivity index (χ1v) is 7.86. The number of piperidine rings is 1. The highest BCUT2D eigenvalue weighted by molar-refractivity contribution is 5.92. The maximum Gasteiger partial charge on any atom is 0.289 e. The Hall–Kier alpha value is -3.03. The Bertz CT molecular complexity index is 933. The van der Waals surface area contributed by atoms with Crippen LogP contribution in [0.25, 0.3) is 10.9 Å². The second-order valence-electron chi connectivity index (χ2n) is 5.89. The number of carbonyl (C=O) groups excluding carboxylic acids is 1. The zero-order valence-corrected chi connectivity index (χ0v) is 12.9. The lowest BCUT2D eigenvalue weighted by Gasteiger charge is -2.31. The van der Waals surface area contributed by atoms with Crippen LogP contribution in [0.5, 0.6) is 0 Å². The lowest BCUT2D eigenvalue weighted by Crippen LogP contribution is -2.40. The molecule has 2 aromatic heterocycles. The molecule has 0 radical (unpaired) electrons. The minimum absolute atomic E-state index is 0.0805. The van der Waals surface area contributed by atoms with Crippen LogP contribution in [0.4, 0.5) is 0 Å². The van der Waals surface area contributed by atoms with E-state index in [-0.39, 0.29) is 23.2 Å². The first kappa shape index (κ1) is 14.6. The maximum atomic E-state index is 12.8. The number of H-pyrrole nitrogens is 2.